The summed E-state index contributed by atoms with van der Waals surface area (Å²) in [5, 5.41) is 3.91. The van der Waals surface area contributed by atoms with Gasteiger partial charge in [-0.2, -0.15) is 0 Å². The number of aromatic nitrogens is 1. The van der Waals surface area contributed by atoms with Crippen molar-refractivity contribution in [1.29, 1.82) is 0 Å². The Labute approximate surface area is 76.9 Å². The smallest absolute Gasteiger partial charge is 0.186 e. The molecule has 0 bridgehead atoms. The number of hydrogen-bond donors (Lipinski definition) is 0. The molecule has 0 aliphatic carbocycles. The molecule has 0 saturated heterocycles. The van der Waals surface area contributed by atoms with Crippen molar-refractivity contribution in [2.24, 2.45) is 0 Å². The minimum absolute atomic E-state index is 0.799. The van der Waals surface area contributed by atoms with Gasteiger partial charge < -0.3 is 4.90 Å². The molecular formula is C9H11N2S. The molecule has 0 fully saturated rings. The highest BCUT2D eigenvalue weighted by Crippen LogP contribution is 2.15. The summed E-state index contributed by atoms with van der Waals surface area (Å²) in [5.74, 6) is 0. The molecule has 0 atom stereocenters. The van der Waals surface area contributed by atoms with Gasteiger partial charge in [0.1, 0.15) is 0 Å². The molecule has 1 rings (SSSR count). The van der Waals surface area contributed by atoms with E-state index in [0.717, 1.165) is 18.2 Å². The summed E-state index contributed by atoms with van der Waals surface area (Å²) < 4.78 is 0. The Hall–Kier alpha value is -1.09. The van der Waals surface area contributed by atoms with Crippen LogP contribution in [-0.4, -0.2) is 18.1 Å². The highest BCUT2D eigenvalue weighted by Gasteiger charge is 2.03. The molecule has 1 aromatic rings. The van der Waals surface area contributed by atoms with Crippen LogP contribution >= 0.6 is 11.3 Å². The number of anilines is 1. The van der Waals surface area contributed by atoms with E-state index in [1.54, 1.807) is 6.20 Å². The molecule has 0 aromatic carbocycles. The van der Waals surface area contributed by atoms with Crippen LogP contribution in [0.15, 0.2) is 31.5 Å². The monoisotopic (exact) mass is 179 g/mol. The molecule has 0 unspecified atom stereocenters. The van der Waals surface area contributed by atoms with Gasteiger partial charge in [0.15, 0.2) is 5.13 Å². The van der Waals surface area contributed by atoms with E-state index in [-0.39, 0.29) is 0 Å². The lowest BCUT2D eigenvalue weighted by Gasteiger charge is -2.16. The van der Waals surface area contributed by atoms with Crippen molar-refractivity contribution in [2.45, 2.75) is 0 Å². The van der Waals surface area contributed by atoms with Crippen molar-refractivity contribution in [2.75, 3.05) is 18.0 Å². The number of nitrogens with zero attached hydrogens (tertiary/aromatic N) is 2. The molecular weight excluding hydrogens is 168 g/mol. The second-order valence-corrected chi connectivity index (χ2v) is 3.05. The molecule has 2 nitrogen and oxygen atoms in total. The van der Waals surface area contributed by atoms with Crippen LogP contribution in [0.5, 0.6) is 0 Å². The zero-order valence-corrected chi connectivity index (χ0v) is 7.68. The van der Waals surface area contributed by atoms with Crippen LogP contribution in [0.25, 0.3) is 0 Å². The summed E-state index contributed by atoms with van der Waals surface area (Å²) in [7, 11) is 0. The van der Waals surface area contributed by atoms with Gasteiger partial charge in [-0.3, -0.25) is 0 Å². The molecule has 0 spiro atoms. The quantitative estimate of drug-likeness (QED) is 0.644. The van der Waals surface area contributed by atoms with Crippen molar-refractivity contribution in [3.8, 4) is 0 Å². The lowest BCUT2D eigenvalue weighted by molar-refractivity contribution is 0.946. The van der Waals surface area contributed by atoms with Gasteiger partial charge in [-0.15, -0.1) is 13.2 Å². The Kier molecular flexibility index (Phi) is 3.54. The molecule has 63 valence electrons. The lowest BCUT2D eigenvalue weighted by Crippen LogP contribution is -2.22. The fourth-order valence-electron chi connectivity index (χ4n) is 0.876. The van der Waals surface area contributed by atoms with Gasteiger partial charge in [-0.25, -0.2) is 4.98 Å². The van der Waals surface area contributed by atoms with E-state index >= 15 is 0 Å². The standard InChI is InChI=1S/C9H11N2S/c1-3-6-11(7-4-2)9-10-5-8-12-9/h3-5H,1-2,6-7H2. The Morgan fingerprint density at radius 1 is 1.50 bits per heavy atom. The normalized spacial score (nSPS) is 9.33. The predicted molar refractivity (Wildman–Crippen MR) is 53.6 cm³/mol. The van der Waals surface area contributed by atoms with E-state index < -0.39 is 0 Å². The largest absolute Gasteiger partial charge is 0.341 e. The topological polar surface area (TPSA) is 16.1 Å². The molecule has 0 amide bonds. The Morgan fingerprint density at radius 3 is 2.58 bits per heavy atom. The molecule has 12 heavy (non-hydrogen) atoms. The summed E-state index contributed by atoms with van der Waals surface area (Å²) in [6, 6.07) is 0. The van der Waals surface area contributed by atoms with Gasteiger partial charge in [-0.05, 0) is 0 Å². The SMILES string of the molecule is C=CCN(CC=C)c1nc[c]s1. The maximum atomic E-state index is 4.15. The molecule has 1 heterocycles. The van der Waals surface area contributed by atoms with Crippen LogP contribution in [0.3, 0.4) is 0 Å². The first-order valence-electron chi connectivity index (χ1n) is 3.67. The maximum absolute atomic E-state index is 4.15. The average molecular weight is 179 g/mol. The van der Waals surface area contributed by atoms with E-state index in [9.17, 15) is 0 Å². The number of hydrogen-bond acceptors (Lipinski definition) is 3. The van der Waals surface area contributed by atoms with Crippen LogP contribution < -0.4 is 4.90 Å². The summed E-state index contributed by atoms with van der Waals surface area (Å²) in [6.45, 7) is 8.96. The van der Waals surface area contributed by atoms with E-state index in [1.807, 2.05) is 12.2 Å². The van der Waals surface area contributed by atoms with Gasteiger partial charge in [-0.1, -0.05) is 23.5 Å². The fourth-order valence-corrected chi connectivity index (χ4v) is 1.47. The van der Waals surface area contributed by atoms with E-state index in [4.69, 9.17) is 0 Å². The van der Waals surface area contributed by atoms with E-state index in [1.165, 1.54) is 11.3 Å². The first-order chi connectivity index (χ1) is 5.88. The molecule has 1 radical (unpaired) electrons. The van der Waals surface area contributed by atoms with Crippen molar-refractivity contribution < 1.29 is 0 Å². The van der Waals surface area contributed by atoms with Gasteiger partial charge in [0.2, 0.25) is 0 Å². The number of thiazole rings is 1. The lowest BCUT2D eigenvalue weighted by atomic mass is 10.5. The Bertz CT molecular complexity index is 231. The zero-order chi connectivity index (χ0) is 8.81. The fraction of sp³-hybridized carbons (Fsp3) is 0.222. The Morgan fingerprint density at radius 2 is 2.17 bits per heavy atom. The van der Waals surface area contributed by atoms with Gasteiger partial charge >= 0.3 is 0 Å². The molecule has 1 aromatic heterocycles. The third-order valence-corrected chi connectivity index (χ3v) is 2.12. The van der Waals surface area contributed by atoms with Crippen LogP contribution in [0.1, 0.15) is 0 Å². The van der Waals surface area contributed by atoms with Crippen molar-refractivity contribution >= 4 is 16.5 Å². The molecule has 0 aliphatic heterocycles. The summed E-state index contributed by atoms with van der Waals surface area (Å²) in [5.41, 5.74) is 0. The highest BCUT2D eigenvalue weighted by molar-refractivity contribution is 7.13. The van der Waals surface area contributed by atoms with Crippen molar-refractivity contribution in [3.63, 3.8) is 0 Å². The first kappa shape index (κ1) is 9.00. The van der Waals surface area contributed by atoms with Crippen LogP contribution in [0.2, 0.25) is 0 Å². The van der Waals surface area contributed by atoms with Gasteiger partial charge in [0.25, 0.3) is 0 Å². The molecule has 0 aliphatic rings. The predicted octanol–water partition coefficient (Wildman–Crippen LogP) is 2.12. The minimum atomic E-state index is 0.799. The van der Waals surface area contributed by atoms with Gasteiger partial charge in [0, 0.05) is 19.3 Å². The highest BCUT2D eigenvalue weighted by atomic mass is 32.1. The maximum Gasteiger partial charge on any atom is 0.186 e. The van der Waals surface area contributed by atoms with Crippen molar-refractivity contribution in [3.05, 3.63) is 36.9 Å². The summed E-state index contributed by atoms with van der Waals surface area (Å²) >= 11 is 1.51. The molecule has 0 N–H and O–H groups in total. The first-order valence-corrected chi connectivity index (χ1v) is 4.48. The van der Waals surface area contributed by atoms with Gasteiger partial charge in [0.05, 0.1) is 5.38 Å². The van der Waals surface area contributed by atoms with E-state index in [0.29, 0.717) is 0 Å². The third kappa shape index (κ3) is 2.20. The van der Waals surface area contributed by atoms with E-state index in [2.05, 4.69) is 28.4 Å². The zero-order valence-electron chi connectivity index (χ0n) is 6.86. The van der Waals surface area contributed by atoms with Crippen LogP contribution in [0, 0.1) is 5.38 Å². The summed E-state index contributed by atoms with van der Waals surface area (Å²) in [4.78, 5) is 6.23. The average Bonchev–Trinajstić information content (AvgIpc) is 2.56. The van der Waals surface area contributed by atoms with Crippen LogP contribution in [-0.2, 0) is 0 Å². The summed E-state index contributed by atoms with van der Waals surface area (Å²) in [6.07, 6.45) is 5.38. The third-order valence-electron chi connectivity index (χ3n) is 1.35. The molecule has 0 saturated carbocycles. The second kappa shape index (κ2) is 4.72. The van der Waals surface area contributed by atoms with Crippen LogP contribution in [0.4, 0.5) is 5.13 Å². The second-order valence-electron chi connectivity index (χ2n) is 2.24. The van der Waals surface area contributed by atoms with Crippen molar-refractivity contribution in [1.82, 2.24) is 4.98 Å². The number of rotatable bonds is 5. The minimum Gasteiger partial charge on any atom is -0.341 e. The molecule has 3 heteroatoms. The Balaban J connectivity index is 2.65.